The molecule has 1 aliphatic rings. The third-order valence-corrected chi connectivity index (χ3v) is 3.70. The first-order valence-electron chi connectivity index (χ1n) is 6.15. The van der Waals surface area contributed by atoms with Crippen LogP contribution in [0.5, 0.6) is 0 Å². The van der Waals surface area contributed by atoms with E-state index in [1.165, 1.54) is 18.4 Å². The Morgan fingerprint density at radius 2 is 2.00 bits per heavy atom. The predicted octanol–water partition coefficient (Wildman–Crippen LogP) is 3.86. The summed E-state index contributed by atoms with van der Waals surface area (Å²) in [6, 6.07) is 8.73. The molecule has 0 saturated heterocycles. The van der Waals surface area contributed by atoms with Crippen molar-refractivity contribution in [2.45, 2.75) is 39.3 Å². The summed E-state index contributed by atoms with van der Waals surface area (Å²) in [5, 5.41) is 4.52. The molecule has 0 aliphatic heterocycles. The molecule has 1 nitrogen and oxygen atoms in total. The Kier molecular flexibility index (Phi) is 3.88. The summed E-state index contributed by atoms with van der Waals surface area (Å²) in [6.45, 7) is 5.48. The second-order valence-corrected chi connectivity index (χ2v) is 5.49. The Morgan fingerprint density at radius 1 is 1.31 bits per heavy atom. The van der Waals surface area contributed by atoms with Crippen LogP contribution in [-0.4, -0.2) is 6.04 Å². The lowest BCUT2D eigenvalue weighted by Gasteiger charge is -2.22. The molecule has 2 heteroatoms. The first-order chi connectivity index (χ1) is 7.68. The summed E-state index contributed by atoms with van der Waals surface area (Å²) in [5.41, 5.74) is 1.20. The molecule has 0 bridgehead atoms. The van der Waals surface area contributed by atoms with Gasteiger partial charge in [-0.05, 0) is 36.3 Å². The maximum Gasteiger partial charge on any atom is 0.0450 e. The van der Waals surface area contributed by atoms with Crippen LogP contribution >= 0.6 is 11.6 Å². The SMILES string of the molecule is CC(C)C(NCc1ccccc1Cl)C1CC1. The van der Waals surface area contributed by atoms with Crippen LogP contribution in [0.15, 0.2) is 24.3 Å². The molecule has 0 radical (unpaired) electrons. The minimum absolute atomic E-state index is 0.649. The summed E-state index contributed by atoms with van der Waals surface area (Å²) in [6.07, 6.45) is 2.77. The van der Waals surface area contributed by atoms with Crippen molar-refractivity contribution in [1.82, 2.24) is 5.32 Å². The molecule has 88 valence electrons. The first-order valence-corrected chi connectivity index (χ1v) is 6.53. The number of halogens is 1. The number of hydrogen-bond acceptors (Lipinski definition) is 1. The van der Waals surface area contributed by atoms with E-state index in [4.69, 9.17) is 11.6 Å². The molecule has 1 N–H and O–H groups in total. The zero-order valence-electron chi connectivity index (χ0n) is 10.0. The zero-order valence-corrected chi connectivity index (χ0v) is 10.8. The summed E-state index contributed by atoms with van der Waals surface area (Å²) < 4.78 is 0. The van der Waals surface area contributed by atoms with Crippen LogP contribution < -0.4 is 5.32 Å². The standard InChI is InChI=1S/C14H20ClN/c1-10(2)14(11-7-8-11)16-9-12-5-3-4-6-13(12)15/h3-6,10-11,14,16H,7-9H2,1-2H3. The Bertz CT molecular complexity index is 342. The molecule has 1 aromatic carbocycles. The van der Waals surface area contributed by atoms with E-state index in [1.54, 1.807) is 0 Å². The molecule has 0 aromatic heterocycles. The van der Waals surface area contributed by atoms with Crippen molar-refractivity contribution in [2.75, 3.05) is 0 Å². The number of rotatable bonds is 5. The summed E-state index contributed by atoms with van der Waals surface area (Å²) in [5.74, 6) is 1.59. The van der Waals surface area contributed by atoms with Crippen molar-refractivity contribution in [3.8, 4) is 0 Å². The van der Waals surface area contributed by atoms with Gasteiger partial charge in [0.2, 0.25) is 0 Å². The molecule has 1 unspecified atom stereocenters. The van der Waals surface area contributed by atoms with Gasteiger partial charge in [0.25, 0.3) is 0 Å². The van der Waals surface area contributed by atoms with Crippen molar-refractivity contribution >= 4 is 11.6 Å². The van der Waals surface area contributed by atoms with Gasteiger partial charge in [-0.25, -0.2) is 0 Å². The molecule has 1 atom stereocenters. The molecule has 1 fully saturated rings. The van der Waals surface area contributed by atoms with E-state index in [2.05, 4.69) is 25.2 Å². The van der Waals surface area contributed by atoms with Crippen molar-refractivity contribution in [1.29, 1.82) is 0 Å². The molecular weight excluding hydrogens is 218 g/mol. The quantitative estimate of drug-likeness (QED) is 0.820. The summed E-state index contributed by atoms with van der Waals surface area (Å²) in [4.78, 5) is 0. The summed E-state index contributed by atoms with van der Waals surface area (Å²) >= 11 is 6.14. The molecule has 0 amide bonds. The second kappa shape index (κ2) is 5.20. The zero-order chi connectivity index (χ0) is 11.5. The summed E-state index contributed by atoms with van der Waals surface area (Å²) in [7, 11) is 0. The highest BCUT2D eigenvalue weighted by atomic mass is 35.5. The van der Waals surface area contributed by atoms with Crippen LogP contribution in [-0.2, 0) is 6.54 Å². The number of hydrogen-bond donors (Lipinski definition) is 1. The van der Waals surface area contributed by atoms with E-state index >= 15 is 0 Å². The van der Waals surface area contributed by atoms with Gasteiger partial charge in [-0.1, -0.05) is 43.6 Å². The maximum atomic E-state index is 6.14. The Labute approximate surface area is 103 Å². The fourth-order valence-corrected chi connectivity index (χ4v) is 2.47. The van der Waals surface area contributed by atoms with Crippen molar-refractivity contribution in [3.63, 3.8) is 0 Å². The minimum Gasteiger partial charge on any atom is -0.309 e. The fraction of sp³-hybridized carbons (Fsp3) is 0.571. The molecular formula is C14H20ClN. The van der Waals surface area contributed by atoms with E-state index in [1.807, 2.05) is 18.2 Å². The van der Waals surface area contributed by atoms with E-state index < -0.39 is 0 Å². The first kappa shape index (κ1) is 11.9. The molecule has 1 aromatic rings. The van der Waals surface area contributed by atoms with Gasteiger partial charge in [-0.3, -0.25) is 0 Å². The lowest BCUT2D eigenvalue weighted by Crippen LogP contribution is -2.35. The molecule has 1 aliphatic carbocycles. The van der Waals surface area contributed by atoms with Gasteiger partial charge < -0.3 is 5.32 Å². The van der Waals surface area contributed by atoms with Gasteiger partial charge in [0.15, 0.2) is 0 Å². The van der Waals surface area contributed by atoms with Crippen molar-refractivity contribution in [3.05, 3.63) is 34.9 Å². The average molecular weight is 238 g/mol. The van der Waals surface area contributed by atoms with Gasteiger partial charge in [0.1, 0.15) is 0 Å². The fourth-order valence-electron chi connectivity index (χ4n) is 2.27. The number of benzene rings is 1. The second-order valence-electron chi connectivity index (χ2n) is 5.08. The Hall–Kier alpha value is -0.530. The maximum absolute atomic E-state index is 6.14. The largest absolute Gasteiger partial charge is 0.309 e. The molecule has 0 heterocycles. The highest BCUT2D eigenvalue weighted by molar-refractivity contribution is 6.31. The minimum atomic E-state index is 0.649. The van der Waals surface area contributed by atoms with Crippen LogP contribution in [0, 0.1) is 11.8 Å². The van der Waals surface area contributed by atoms with E-state index in [-0.39, 0.29) is 0 Å². The van der Waals surface area contributed by atoms with Crippen LogP contribution in [0.2, 0.25) is 5.02 Å². The average Bonchev–Trinajstić information content (AvgIpc) is 3.04. The van der Waals surface area contributed by atoms with Crippen molar-refractivity contribution < 1.29 is 0 Å². The Balaban J connectivity index is 1.93. The highest BCUT2D eigenvalue weighted by Crippen LogP contribution is 2.35. The number of nitrogens with one attached hydrogen (secondary N) is 1. The van der Waals surface area contributed by atoms with E-state index in [0.717, 1.165) is 17.5 Å². The van der Waals surface area contributed by atoms with Crippen LogP contribution in [0.4, 0.5) is 0 Å². The van der Waals surface area contributed by atoms with Gasteiger partial charge in [-0.15, -0.1) is 0 Å². The van der Waals surface area contributed by atoms with Crippen LogP contribution in [0.1, 0.15) is 32.3 Å². The van der Waals surface area contributed by atoms with Crippen LogP contribution in [0.25, 0.3) is 0 Å². The van der Waals surface area contributed by atoms with Crippen LogP contribution in [0.3, 0.4) is 0 Å². The Morgan fingerprint density at radius 3 is 2.56 bits per heavy atom. The molecule has 1 saturated carbocycles. The normalized spacial score (nSPS) is 17.8. The van der Waals surface area contributed by atoms with Gasteiger partial charge in [0.05, 0.1) is 0 Å². The topological polar surface area (TPSA) is 12.0 Å². The lowest BCUT2D eigenvalue weighted by molar-refractivity contribution is 0.359. The van der Waals surface area contributed by atoms with E-state index in [9.17, 15) is 0 Å². The third kappa shape index (κ3) is 2.99. The van der Waals surface area contributed by atoms with Crippen molar-refractivity contribution in [2.24, 2.45) is 11.8 Å². The van der Waals surface area contributed by atoms with Gasteiger partial charge in [-0.2, -0.15) is 0 Å². The predicted molar refractivity (Wildman–Crippen MR) is 69.6 cm³/mol. The van der Waals surface area contributed by atoms with E-state index in [0.29, 0.717) is 12.0 Å². The third-order valence-electron chi connectivity index (χ3n) is 3.33. The highest BCUT2D eigenvalue weighted by Gasteiger charge is 2.32. The van der Waals surface area contributed by atoms with Gasteiger partial charge >= 0.3 is 0 Å². The molecule has 2 rings (SSSR count). The van der Waals surface area contributed by atoms with Gasteiger partial charge in [0, 0.05) is 17.6 Å². The molecule has 0 spiro atoms. The monoisotopic (exact) mass is 237 g/mol. The smallest absolute Gasteiger partial charge is 0.0450 e. The molecule has 16 heavy (non-hydrogen) atoms. The lowest BCUT2D eigenvalue weighted by atomic mass is 9.99.